The third-order valence-electron chi connectivity index (χ3n) is 1.75. The number of rotatable bonds is 1. The summed E-state index contributed by atoms with van der Waals surface area (Å²) < 4.78 is 27.3. The van der Waals surface area contributed by atoms with Gasteiger partial charge in [-0.2, -0.15) is 0 Å². The zero-order valence-corrected chi connectivity index (χ0v) is 12.1. The van der Waals surface area contributed by atoms with E-state index in [-0.39, 0.29) is 14.4 Å². The van der Waals surface area contributed by atoms with Gasteiger partial charge in [-0.15, -0.1) is 0 Å². The molecule has 1 aromatic rings. The molecule has 0 aliphatic rings. The fourth-order valence-corrected chi connectivity index (χ4v) is 4.05. The van der Waals surface area contributed by atoms with Gasteiger partial charge < -0.3 is 0 Å². The molecular formula is C8H9Br2F2NSi. The largest absolute Gasteiger partial charge is 0.228 e. The lowest BCUT2D eigenvalue weighted by atomic mass is 10.4. The molecule has 78 valence electrons. The van der Waals surface area contributed by atoms with Gasteiger partial charge in [-0.3, -0.25) is 0 Å². The highest BCUT2D eigenvalue weighted by atomic mass is 79.9. The van der Waals surface area contributed by atoms with Gasteiger partial charge in [-0.25, -0.2) is 13.8 Å². The predicted molar refractivity (Wildman–Crippen MR) is 62.5 cm³/mol. The Bertz CT molecular complexity index is 350. The van der Waals surface area contributed by atoms with Crippen LogP contribution in [-0.2, 0) is 0 Å². The summed E-state index contributed by atoms with van der Waals surface area (Å²) in [6.45, 7) is 5.65. The van der Waals surface area contributed by atoms with Crippen LogP contribution in [0.2, 0.25) is 19.6 Å². The van der Waals surface area contributed by atoms with Gasteiger partial charge in [0.25, 0.3) is 0 Å². The van der Waals surface area contributed by atoms with E-state index in [1.165, 1.54) is 0 Å². The number of hydrogen-bond acceptors (Lipinski definition) is 1. The Kier molecular flexibility index (Phi) is 3.48. The molecule has 1 rings (SSSR count). The highest BCUT2D eigenvalue weighted by molar-refractivity contribution is 9.11. The first-order valence-corrected chi connectivity index (χ1v) is 9.04. The molecule has 0 fully saturated rings. The van der Waals surface area contributed by atoms with E-state index >= 15 is 0 Å². The van der Waals surface area contributed by atoms with Crippen molar-refractivity contribution in [1.29, 1.82) is 0 Å². The minimum absolute atomic E-state index is 0.0585. The molecule has 0 saturated carbocycles. The molecule has 0 atom stereocenters. The van der Waals surface area contributed by atoms with E-state index in [1.54, 1.807) is 0 Å². The van der Waals surface area contributed by atoms with Gasteiger partial charge in [-0.1, -0.05) is 19.6 Å². The summed E-state index contributed by atoms with van der Waals surface area (Å²) in [7, 11) is -2.04. The molecule has 0 radical (unpaired) electrons. The third kappa shape index (κ3) is 2.22. The van der Waals surface area contributed by atoms with Crippen molar-refractivity contribution in [3.8, 4) is 0 Å². The van der Waals surface area contributed by atoms with Crippen molar-refractivity contribution in [3.05, 3.63) is 20.8 Å². The summed E-state index contributed by atoms with van der Waals surface area (Å²) in [5.41, 5.74) is 0. The smallest absolute Gasteiger partial charge is 0.158 e. The zero-order valence-electron chi connectivity index (χ0n) is 7.96. The molecule has 0 N–H and O–H groups in total. The molecule has 1 nitrogen and oxygen atoms in total. The Labute approximate surface area is 99.2 Å². The predicted octanol–water partition coefficient (Wildman–Crippen LogP) is 3.43. The number of pyridine rings is 1. The lowest BCUT2D eigenvalue weighted by Gasteiger charge is -2.19. The zero-order chi connectivity index (χ0) is 11.1. The average Bonchev–Trinajstić information content (AvgIpc) is 1.98. The molecule has 6 heteroatoms. The summed E-state index contributed by atoms with van der Waals surface area (Å²) in [6, 6.07) is 0. The molecule has 0 saturated heterocycles. The van der Waals surface area contributed by atoms with Crippen LogP contribution >= 0.6 is 31.9 Å². The van der Waals surface area contributed by atoms with Gasteiger partial charge in [0, 0.05) is 5.19 Å². The van der Waals surface area contributed by atoms with Crippen LogP contribution in [0, 0.1) is 11.6 Å². The van der Waals surface area contributed by atoms with E-state index in [0.29, 0.717) is 0 Å². The summed E-state index contributed by atoms with van der Waals surface area (Å²) in [5, 5.41) is 0.172. The molecule has 0 aliphatic carbocycles. The van der Waals surface area contributed by atoms with Gasteiger partial charge in [0.1, 0.15) is 9.21 Å². The Hall–Kier alpha value is 0.187. The summed E-state index contributed by atoms with van der Waals surface area (Å²) in [5.74, 6) is -1.16. The first-order chi connectivity index (χ1) is 6.25. The van der Waals surface area contributed by atoms with Gasteiger partial charge in [0.2, 0.25) is 0 Å². The average molecular weight is 345 g/mol. The van der Waals surface area contributed by atoms with Crippen molar-refractivity contribution < 1.29 is 8.78 Å². The highest BCUT2D eigenvalue weighted by Gasteiger charge is 2.28. The van der Waals surface area contributed by atoms with Crippen LogP contribution < -0.4 is 5.19 Å². The van der Waals surface area contributed by atoms with Crippen LogP contribution in [0.25, 0.3) is 0 Å². The first kappa shape index (κ1) is 12.3. The Balaban J connectivity index is 3.56. The fourth-order valence-electron chi connectivity index (χ4n) is 1.15. The molecule has 0 spiro atoms. The number of aromatic nitrogens is 1. The minimum Gasteiger partial charge on any atom is -0.228 e. The second-order valence-corrected chi connectivity index (χ2v) is 10.4. The third-order valence-corrected chi connectivity index (χ3v) is 4.74. The molecule has 1 heterocycles. The van der Waals surface area contributed by atoms with E-state index in [4.69, 9.17) is 0 Å². The van der Waals surface area contributed by atoms with Crippen LogP contribution in [0.3, 0.4) is 0 Å². The molecule has 0 amide bonds. The summed E-state index contributed by atoms with van der Waals surface area (Å²) in [4.78, 5) is 3.65. The van der Waals surface area contributed by atoms with Crippen LogP contribution in [0.1, 0.15) is 0 Å². The van der Waals surface area contributed by atoms with Gasteiger partial charge >= 0.3 is 0 Å². The lowest BCUT2D eigenvalue weighted by Crippen LogP contribution is -2.43. The SMILES string of the molecule is C[Si](C)(C)c1c(F)c(Br)nc(Br)c1F. The van der Waals surface area contributed by atoms with Crippen molar-refractivity contribution in [1.82, 2.24) is 4.98 Å². The van der Waals surface area contributed by atoms with Crippen LogP contribution in [-0.4, -0.2) is 13.1 Å². The molecule has 14 heavy (non-hydrogen) atoms. The van der Waals surface area contributed by atoms with Crippen molar-refractivity contribution in [2.24, 2.45) is 0 Å². The topological polar surface area (TPSA) is 12.9 Å². The van der Waals surface area contributed by atoms with Gasteiger partial charge in [0.15, 0.2) is 11.6 Å². The van der Waals surface area contributed by atoms with Crippen LogP contribution in [0.15, 0.2) is 9.21 Å². The molecule has 0 bridgehead atoms. The second-order valence-electron chi connectivity index (χ2n) is 3.95. The van der Waals surface area contributed by atoms with Gasteiger partial charge in [0.05, 0.1) is 8.07 Å². The normalized spacial score (nSPS) is 11.9. The Morgan fingerprint density at radius 3 is 1.64 bits per heavy atom. The van der Waals surface area contributed by atoms with E-state index in [1.807, 2.05) is 19.6 Å². The minimum atomic E-state index is -2.04. The lowest BCUT2D eigenvalue weighted by molar-refractivity contribution is 0.574. The molecule has 0 aromatic carbocycles. The van der Waals surface area contributed by atoms with Gasteiger partial charge in [-0.05, 0) is 31.9 Å². The second kappa shape index (κ2) is 3.98. The number of halogens is 4. The maximum atomic E-state index is 13.6. The van der Waals surface area contributed by atoms with E-state index in [0.717, 1.165) is 0 Å². The van der Waals surface area contributed by atoms with Crippen molar-refractivity contribution >= 4 is 45.1 Å². The monoisotopic (exact) mass is 343 g/mol. The van der Waals surface area contributed by atoms with E-state index < -0.39 is 19.7 Å². The van der Waals surface area contributed by atoms with Crippen molar-refractivity contribution in [2.75, 3.05) is 0 Å². The Morgan fingerprint density at radius 2 is 1.36 bits per heavy atom. The van der Waals surface area contributed by atoms with Crippen LogP contribution in [0.4, 0.5) is 8.78 Å². The number of nitrogens with zero attached hydrogens (tertiary/aromatic N) is 1. The highest BCUT2D eigenvalue weighted by Crippen LogP contribution is 2.21. The van der Waals surface area contributed by atoms with Crippen molar-refractivity contribution in [3.63, 3.8) is 0 Å². The molecule has 1 aromatic heterocycles. The summed E-state index contributed by atoms with van der Waals surface area (Å²) >= 11 is 5.93. The number of hydrogen-bond donors (Lipinski definition) is 0. The maximum absolute atomic E-state index is 13.6. The van der Waals surface area contributed by atoms with E-state index in [2.05, 4.69) is 36.8 Å². The quantitative estimate of drug-likeness (QED) is 0.562. The molecular weight excluding hydrogens is 336 g/mol. The standard InChI is InChI=1S/C8H9Br2F2NSi/c1-14(2,3)6-4(11)7(9)13-8(10)5(6)12/h1-3H3. The molecule has 0 unspecified atom stereocenters. The van der Waals surface area contributed by atoms with Crippen LogP contribution in [0.5, 0.6) is 0 Å². The van der Waals surface area contributed by atoms with E-state index in [9.17, 15) is 8.78 Å². The first-order valence-electron chi connectivity index (χ1n) is 3.95. The Morgan fingerprint density at radius 1 is 1.00 bits per heavy atom. The van der Waals surface area contributed by atoms with Crippen molar-refractivity contribution in [2.45, 2.75) is 19.6 Å². The maximum Gasteiger partial charge on any atom is 0.158 e. The molecule has 0 aliphatic heterocycles. The fraction of sp³-hybridized carbons (Fsp3) is 0.375. The summed E-state index contributed by atoms with van der Waals surface area (Å²) in [6.07, 6.45) is 0.